The van der Waals surface area contributed by atoms with Crippen LogP contribution in [0.2, 0.25) is 0 Å². The van der Waals surface area contributed by atoms with Gasteiger partial charge in [0.05, 0.1) is 46.5 Å². The van der Waals surface area contributed by atoms with Crippen molar-refractivity contribution in [2.24, 2.45) is 0 Å². The average molecular weight is 657 g/mol. The first kappa shape index (κ1) is 28.1. The highest BCUT2D eigenvalue weighted by molar-refractivity contribution is 14.1. The van der Waals surface area contributed by atoms with E-state index in [2.05, 4.69) is 70.7 Å². The van der Waals surface area contributed by atoms with Gasteiger partial charge in [-0.1, -0.05) is 39.9 Å². The number of alkyl halides is 1. The van der Waals surface area contributed by atoms with E-state index in [1.165, 1.54) is 0 Å². The molecule has 0 fully saturated rings. The molecule has 1 amide bonds. The zero-order valence-corrected chi connectivity index (χ0v) is 24.9. The third kappa shape index (κ3) is 6.47. The van der Waals surface area contributed by atoms with Crippen molar-refractivity contribution >= 4 is 40.1 Å². The molecule has 3 aromatic heterocycles. The van der Waals surface area contributed by atoms with E-state index >= 15 is 0 Å². The summed E-state index contributed by atoms with van der Waals surface area (Å²) in [6.07, 6.45) is 7.83. The number of aromatic nitrogens is 7. The highest BCUT2D eigenvalue weighted by Crippen LogP contribution is 2.29. The Morgan fingerprint density at radius 1 is 1.23 bits per heavy atom. The quantitative estimate of drug-likeness (QED) is 0.193. The zero-order valence-electron chi connectivity index (χ0n) is 22.7. The van der Waals surface area contributed by atoms with Crippen molar-refractivity contribution in [3.63, 3.8) is 0 Å². The van der Waals surface area contributed by atoms with Gasteiger partial charge in [0.1, 0.15) is 0 Å². The fraction of sp³-hybridized carbons (Fsp3) is 0.407. The second kappa shape index (κ2) is 12.0. The summed E-state index contributed by atoms with van der Waals surface area (Å²) in [6.45, 7) is 7.95. The summed E-state index contributed by atoms with van der Waals surface area (Å²) in [5.74, 6) is 0.210. The molecule has 1 aliphatic heterocycles. The van der Waals surface area contributed by atoms with Gasteiger partial charge in [0, 0.05) is 37.6 Å². The molecule has 0 aliphatic carbocycles. The molecule has 4 aromatic rings. The zero-order chi connectivity index (χ0) is 28.3. The number of rotatable bonds is 8. The maximum Gasteiger partial charge on any atom is 0.273 e. The van der Waals surface area contributed by atoms with Crippen LogP contribution in [0.4, 0.5) is 11.6 Å². The van der Waals surface area contributed by atoms with Gasteiger partial charge >= 0.3 is 0 Å². The number of hydrogen-bond acceptors (Lipinski definition) is 9. The molecule has 4 heterocycles. The van der Waals surface area contributed by atoms with Crippen LogP contribution in [-0.2, 0) is 16.5 Å². The maximum absolute atomic E-state index is 13.2. The van der Waals surface area contributed by atoms with Gasteiger partial charge < -0.3 is 15.7 Å². The summed E-state index contributed by atoms with van der Waals surface area (Å²) in [6, 6.07) is 7.82. The molecule has 1 unspecified atom stereocenters. The van der Waals surface area contributed by atoms with Gasteiger partial charge in [-0.05, 0) is 50.5 Å². The van der Waals surface area contributed by atoms with Crippen molar-refractivity contribution in [1.82, 2.24) is 45.0 Å². The molecule has 12 nitrogen and oxygen atoms in total. The summed E-state index contributed by atoms with van der Waals surface area (Å²) in [7, 11) is 0. The summed E-state index contributed by atoms with van der Waals surface area (Å²) in [5.41, 5.74) is 4.73. The molecule has 40 heavy (non-hydrogen) atoms. The number of fused-ring (bicyclic) bond motifs is 1. The standard InChI is InChI=1S/C27H33IN10O2/c1-27(2,3)38-16-24(34-35-38)25(40)32-23-15-36(10-11-39)9-7-18-12-19(4-5-21(18)23)22-6-8-29-26(33-22)31-20-13-30-37(14-20)17-28/h4-6,8,12-14,16,23,39H,7,9-11,15,17H2,1-3H3,(H,32,40)(H,29,31,33). The first-order valence-corrected chi connectivity index (χ1v) is 14.6. The number of carbonyl (C=O) groups is 1. The minimum Gasteiger partial charge on any atom is -0.395 e. The highest BCUT2D eigenvalue weighted by atomic mass is 127. The molecule has 5 rings (SSSR count). The van der Waals surface area contributed by atoms with E-state index in [4.69, 9.17) is 4.98 Å². The van der Waals surface area contributed by atoms with E-state index in [0.717, 1.165) is 45.6 Å². The number of nitrogens with one attached hydrogen (secondary N) is 2. The van der Waals surface area contributed by atoms with Gasteiger partial charge in [0.25, 0.3) is 5.91 Å². The van der Waals surface area contributed by atoms with E-state index in [-0.39, 0.29) is 29.8 Å². The van der Waals surface area contributed by atoms with E-state index in [1.54, 1.807) is 23.3 Å². The Morgan fingerprint density at radius 3 is 2.80 bits per heavy atom. The number of β-amino-alcohol motifs (C(OH)–C–C–N with tert-alkyl or cyclic N) is 1. The SMILES string of the molecule is CC(C)(C)n1cc(C(=O)NC2CN(CCO)CCc3cc(-c4ccnc(Nc5cnn(CI)c5)n4)ccc32)nn1. The van der Waals surface area contributed by atoms with E-state index < -0.39 is 0 Å². The number of halogens is 1. The fourth-order valence-corrected chi connectivity index (χ4v) is 5.02. The smallest absolute Gasteiger partial charge is 0.273 e. The predicted molar refractivity (Wildman–Crippen MR) is 159 cm³/mol. The third-order valence-electron chi connectivity index (χ3n) is 6.75. The molecular weight excluding hydrogens is 623 g/mol. The van der Waals surface area contributed by atoms with Gasteiger partial charge in [0.2, 0.25) is 5.95 Å². The van der Waals surface area contributed by atoms with Crippen molar-refractivity contribution in [1.29, 1.82) is 0 Å². The van der Waals surface area contributed by atoms with Crippen LogP contribution < -0.4 is 10.6 Å². The van der Waals surface area contributed by atoms with Crippen LogP contribution in [-0.4, -0.2) is 76.9 Å². The number of amides is 1. The Bertz CT molecular complexity index is 1480. The lowest BCUT2D eigenvalue weighted by atomic mass is 9.96. The summed E-state index contributed by atoms with van der Waals surface area (Å²) in [4.78, 5) is 24.5. The molecule has 210 valence electrons. The van der Waals surface area contributed by atoms with Crippen molar-refractivity contribution in [2.45, 2.75) is 43.3 Å². The van der Waals surface area contributed by atoms with Crippen molar-refractivity contribution < 1.29 is 9.90 Å². The molecule has 1 atom stereocenters. The molecule has 1 aliphatic rings. The molecule has 1 aromatic carbocycles. The lowest BCUT2D eigenvalue weighted by Crippen LogP contribution is -2.38. The van der Waals surface area contributed by atoms with Crippen LogP contribution in [0.25, 0.3) is 11.3 Å². The molecule has 0 saturated carbocycles. The number of benzene rings is 1. The van der Waals surface area contributed by atoms with Crippen LogP contribution in [0, 0.1) is 0 Å². The number of carbonyl (C=O) groups excluding carboxylic acids is 1. The van der Waals surface area contributed by atoms with E-state index in [0.29, 0.717) is 19.0 Å². The van der Waals surface area contributed by atoms with Crippen molar-refractivity contribution in [3.8, 4) is 11.3 Å². The molecule has 3 N–H and O–H groups in total. The van der Waals surface area contributed by atoms with E-state index in [1.807, 2.05) is 43.8 Å². The van der Waals surface area contributed by atoms with E-state index in [9.17, 15) is 9.90 Å². The number of hydrogen-bond donors (Lipinski definition) is 3. The van der Waals surface area contributed by atoms with Gasteiger partial charge in [-0.15, -0.1) is 5.10 Å². The third-order valence-corrected chi connectivity index (χ3v) is 7.45. The summed E-state index contributed by atoms with van der Waals surface area (Å²) in [5, 5.41) is 28.5. The number of aliphatic hydroxyl groups is 1. The van der Waals surface area contributed by atoms with Gasteiger partial charge in [-0.3, -0.25) is 14.4 Å². The van der Waals surface area contributed by atoms with Gasteiger partial charge in [0.15, 0.2) is 5.69 Å². The van der Waals surface area contributed by atoms with Crippen LogP contribution >= 0.6 is 22.6 Å². The largest absolute Gasteiger partial charge is 0.395 e. The molecule has 0 bridgehead atoms. The van der Waals surface area contributed by atoms with Crippen molar-refractivity contribution in [3.05, 3.63) is 65.9 Å². The lowest BCUT2D eigenvalue weighted by molar-refractivity contribution is 0.0917. The number of aliphatic hydroxyl groups excluding tert-OH is 1. The van der Waals surface area contributed by atoms with Gasteiger partial charge in [-0.2, -0.15) is 5.10 Å². The number of anilines is 2. The Morgan fingerprint density at radius 2 is 2.08 bits per heavy atom. The molecular formula is C27H33IN10O2. The minimum atomic E-state index is -0.279. The lowest BCUT2D eigenvalue weighted by Gasteiger charge is -2.25. The molecule has 0 radical (unpaired) electrons. The molecule has 0 spiro atoms. The fourth-order valence-electron chi connectivity index (χ4n) is 4.65. The Kier molecular flexibility index (Phi) is 8.42. The monoisotopic (exact) mass is 656 g/mol. The van der Waals surface area contributed by atoms with Crippen LogP contribution in [0.1, 0.15) is 48.4 Å². The van der Waals surface area contributed by atoms with Crippen LogP contribution in [0.15, 0.2) is 49.1 Å². The van der Waals surface area contributed by atoms with Crippen molar-refractivity contribution in [2.75, 3.05) is 31.6 Å². The first-order chi connectivity index (χ1) is 19.2. The maximum atomic E-state index is 13.2. The Hall–Kier alpha value is -3.43. The minimum absolute atomic E-state index is 0.0512. The highest BCUT2D eigenvalue weighted by Gasteiger charge is 2.27. The van der Waals surface area contributed by atoms with Gasteiger partial charge in [-0.25, -0.2) is 14.6 Å². The molecule has 13 heteroatoms. The Balaban J connectivity index is 1.40. The normalized spacial score (nSPS) is 15.9. The topological polar surface area (TPSA) is 139 Å². The average Bonchev–Trinajstić information content (AvgIpc) is 3.58. The summed E-state index contributed by atoms with van der Waals surface area (Å²) < 4.78 is 4.26. The van der Waals surface area contributed by atoms with Crippen LogP contribution in [0.3, 0.4) is 0 Å². The molecule has 0 saturated heterocycles. The Labute approximate surface area is 246 Å². The predicted octanol–water partition coefficient (Wildman–Crippen LogP) is 3.14. The first-order valence-electron chi connectivity index (χ1n) is 13.1. The second-order valence-corrected chi connectivity index (χ2v) is 11.4. The second-order valence-electron chi connectivity index (χ2n) is 10.7. The summed E-state index contributed by atoms with van der Waals surface area (Å²) >= 11 is 2.25. The van der Waals surface area contributed by atoms with Crippen LogP contribution in [0.5, 0.6) is 0 Å². The number of nitrogens with zero attached hydrogens (tertiary/aromatic N) is 8.